The highest BCUT2D eigenvalue weighted by molar-refractivity contribution is 6.08. The van der Waals surface area contributed by atoms with E-state index in [1.54, 1.807) is 6.92 Å². The van der Waals surface area contributed by atoms with Gasteiger partial charge in [0.15, 0.2) is 5.78 Å². The highest BCUT2D eigenvalue weighted by Gasteiger charge is 2.34. The predicted molar refractivity (Wildman–Crippen MR) is 48.3 cm³/mol. The molecule has 3 nitrogen and oxygen atoms in total. The third-order valence-corrected chi connectivity index (χ3v) is 2.90. The molecular formula is C10H14O3. The van der Waals surface area contributed by atoms with Crippen LogP contribution < -0.4 is 0 Å². The molecule has 0 fully saturated rings. The van der Waals surface area contributed by atoms with Crippen LogP contribution >= 0.6 is 0 Å². The van der Waals surface area contributed by atoms with Gasteiger partial charge in [-0.1, -0.05) is 12.5 Å². The SMILES string of the molecule is CC1=C(C)C(C)CC(C(=O)O)C1=O. The maximum Gasteiger partial charge on any atom is 0.314 e. The maximum atomic E-state index is 11.5. The molecule has 0 radical (unpaired) electrons. The number of allylic oxidation sites excluding steroid dienone is 2. The van der Waals surface area contributed by atoms with E-state index in [1.165, 1.54) is 0 Å². The summed E-state index contributed by atoms with van der Waals surface area (Å²) in [5.41, 5.74) is 1.66. The van der Waals surface area contributed by atoms with Crippen molar-refractivity contribution >= 4 is 11.8 Å². The van der Waals surface area contributed by atoms with Crippen LogP contribution in [0.5, 0.6) is 0 Å². The van der Waals surface area contributed by atoms with E-state index in [4.69, 9.17) is 5.11 Å². The number of Topliss-reactive ketones (excluding diaryl/α,β-unsaturated/α-hetero) is 1. The molecule has 1 N–H and O–H groups in total. The van der Waals surface area contributed by atoms with E-state index in [-0.39, 0.29) is 11.7 Å². The van der Waals surface area contributed by atoms with Crippen molar-refractivity contribution in [3.63, 3.8) is 0 Å². The lowest BCUT2D eigenvalue weighted by Crippen LogP contribution is -2.31. The summed E-state index contributed by atoms with van der Waals surface area (Å²) in [6.45, 7) is 5.57. The van der Waals surface area contributed by atoms with Crippen molar-refractivity contribution in [1.82, 2.24) is 0 Å². The normalized spacial score (nSPS) is 29.3. The average Bonchev–Trinajstić information content (AvgIpc) is 2.07. The summed E-state index contributed by atoms with van der Waals surface area (Å²) in [5.74, 6) is -1.83. The molecule has 0 aromatic rings. The quantitative estimate of drug-likeness (QED) is 0.627. The smallest absolute Gasteiger partial charge is 0.314 e. The standard InChI is InChI=1S/C10H14O3/c1-5-4-8(10(12)13)9(11)7(3)6(5)2/h5,8H,4H2,1-3H3,(H,12,13). The van der Waals surface area contributed by atoms with Crippen LogP contribution in [0.3, 0.4) is 0 Å². The summed E-state index contributed by atoms with van der Waals surface area (Å²) in [6, 6.07) is 0. The first-order chi connectivity index (χ1) is 5.95. The van der Waals surface area contributed by atoms with E-state index in [9.17, 15) is 9.59 Å². The van der Waals surface area contributed by atoms with Gasteiger partial charge in [-0.05, 0) is 31.8 Å². The summed E-state index contributed by atoms with van der Waals surface area (Å²) in [5, 5.41) is 8.79. The maximum absolute atomic E-state index is 11.5. The minimum absolute atomic E-state index is 0.207. The van der Waals surface area contributed by atoms with Gasteiger partial charge in [0.2, 0.25) is 0 Å². The molecule has 1 aliphatic carbocycles. The van der Waals surface area contributed by atoms with Crippen molar-refractivity contribution in [2.75, 3.05) is 0 Å². The molecule has 3 heteroatoms. The monoisotopic (exact) mass is 182 g/mol. The number of hydrogen-bond acceptors (Lipinski definition) is 2. The largest absolute Gasteiger partial charge is 0.481 e. The number of carboxylic acid groups (broad SMARTS) is 1. The number of rotatable bonds is 1. The van der Waals surface area contributed by atoms with Crippen LogP contribution in [0.1, 0.15) is 27.2 Å². The van der Waals surface area contributed by atoms with Crippen LogP contribution in [0.25, 0.3) is 0 Å². The molecule has 0 amide bonds. The molecule has 0 saturated carbocycles. The Morgan fingerprint density at radius 3 is 2.46 bits per heavy atom. The van der Waals surface area contributed by atoms with Gasteiger partial charge in [0.1, 0.15) is 5.92 Å². The van der Waals surface area contributed by atoms with Gasteiger partial charge < -0.3 is 5.11 Å². The topological polar surface area (TPSA) is 54.4 Å². The van der Waals surface area contributed by atoms with Crippen LogP contribution in [-0.2, 0) is 9.59 Å². The Kier molecular flexibility index (Phi) is 2.55. The first-order valence-corrected chi connectivity index (χ1v) is 4.39. The molecule has 0 aromatic heterocycles. The molecule has 0 spiro atoms. The summed E-state index contributed by atoms with van der Waals surface area (Å²) >= 11 is 0. The number of carboxylic acids is 1. The highest BCUT2D eigenvalue weighted by atomic mass is 16.4. The zero-order chi connectivity index (χ0) is 10.2. The fourth-order valence-corrected chi connectivity index (χ4v) is 1.68. The number of hydrogen-bond donors (Lipinski definition) is 1. The number of aliphatic carboxylic acids is 1. The molecule has 1 rings (SSSR count). The third-order valence-electron chi connectivity index (χ3n) is 2.90. The van der Waals surface area contributed by atoms with Crippen LogP contribution in [-0.4, -0.2) is 16.9 Å². The van der Waals surface area contributed by atoms with Crippen molar-refractivity contribution in [1.29, 1.82) is 0 Å². The lowest BCUT2D eigenvalue weighted by molar-refractivity contribution is -0.146. The van der Waals surface area contributed by atoms with E-state index in [1.807, 2.05) is 13.8 Å². The van der Waals surface area contributed by atoms with Crippen LogP contribution in [0, 0.1) is 11.8 Å². The summed E-state index contributed by atoms with van der Waals surface area (Å²) in [4.78, 5) is 22.2. The molecule has 72 valence electrons. The van der Waals surface area contributed by atoms with Gasteiger partial charge in [0.25, 0.3) is 0 Å². The zero-order valence-corrected chi connectivity index (χ0v) is 8.13. The van der Waals surface area contributed by atoms with E-state index < -0.39 is 11.9 Å². The summed E-state index contributed by atoms with van der Waals surface area (Å²) < 4.78 is 0. The Morgan fingerprint density at radius 1 is 1.46 bits per heavy atom. The van der Waals surface area contributed by atoms with Crippen LogP contribution in [0.2, 0.25) is 0 Å². The first-order valence-electron chi connectivity index (χ1n) is 4.39. The molecule has 0 saturated heterocycles. The van der Waals surface area contributed by atoms with Crippen molar-refractivity contribution in [2.45, 2.75) is 27.2 Å². The minimum Gasteiger partial charge on any atom is -0.481 e. The van der Waals surface area contributed by atoms with Crippen LogP contribution in [0.15, 0.2) is 11.1 Å². The Morgan fingerprint density at radius 2 is 2.00 bits per heavy atom. The van der Waals surface area contributed by atoms with Gasteiger partial charge in [-0.2, -0.15) is 0 Å². The van der Waals surface area contributed by atoms with E-state index in [0.29, 0.717) is 12.0 Å². The summed E-state index contributed by atoms with van der Waals surface area (Å²) in [7, 11) is 0. The molecule has 0 aliphatic heterocycles. The van der Waals surface area contributed by atoms with Crippen LogP contribution in [0.4, 0.5) is 0 Å². The second kappa shape index (κ2) is 3.32. The highest BCUT2D eigenvalue weighted by Crippen LogP contribution is 2.30. The Bertz CT molecular complexity index is 289. The second-order valence-electron chi connectivity index (χ2n) is 3.70. The lowest BCUT2D eigenvalue weighted by Gasteiger charge is -2.25. The van der Waals surface area contributed by atoms with Gasteiger partial charge in [-0.25, -0.2) is 0 Å². The molecule has 1 aliphatic rings. The zero-order valence-electron chi connectivity index (χ0n) is 8.13. The van der Waals surface area contributed by atoms with E-state index >= 15 is 0 Å². The Labute approximate surface area is 77.4 Å². The molecule has 0 heterocycles. The van der Waals surface area contributed by atoms with Crippen molar-refractivity contribution in [3.8, 4) is 0 Å². The molecule has 2 unspecified atom stereocenters. The number of carbonyl (C=O) groups excluding carboxylic acids is 1. The molecular weight excluding hydrogens is 168 g/mol. The summed E-state index contributed by atoms with van der Waals surface area (Å²) in [6.07, 6.45) is 0.442. The number of ketones is 1. The predicted octanol–water partition coefficient (Wildman–Crippen LogP) is 1.63. The third kappa shape index (κ3) is 1.64. The fourth-order valence-electron chi connectivity index (χ4n) is 1.68. The average molecular weight is 182 g/mol. The van der Waals surface area contributed by atoms with Gasteiger partial charge in [0.05, 0.1) is 0 Å². The van der Waals surface area contributed by atoms with Gasteiger partial charge in [-0.3, -0.25) is 9.59 Å². The number of carbonyl (C=O) groups is 2. The van der Waals surface area contributed by atoms with E-state index in [0.717, 1.165) is 5.57 Å². The Hall–Kier alpha value is -1.12. The van der Waals surface area contributed by atoms with Gasteiger partial charge in [0, 0.05) is 0 Å². The van der Waals surface area contributed by atoms with Crippen molar-refractivity contribution < 1.29 is 14.7 Å². The van der Waals surface area contributed by atoms with Crippen molar-refractivity contribution in [2.24, 2.45) is 11.8 Å². The molecule has 2 atom stereocenters. The van der Waals surface area contributed by atoms with Crippen molar-refractivity contribution in [3.05, 3.63) is 11.1 Å². The Balaban J connectivity index is 3.03. The van der Waals surface area contributed by atoms with E-state index in [2.05, 4.69) is 0 Å². The lowest BCUT2D eigenvalue weighted by atomic mass is 9.78. The molecule has 0 bridgehead atoms. The minimum atomic E-state index is -0.997. The second-order valence-corrected chi connectivity index (χ2v) is 3.70. The van der Waals surface area contributed by atoms with Gasteiger partial charge >= 0.3 is 5.97 Å². The fraction of sp³-hybridized carbons (Fsp3) is 0.600. The molecule has 0 aromatic carbocycles. The first kappa shape index (κ1) is 9.96. The molecule has 13 heavy (non-hydrogen) atoms. The van der Waals surface area contributed by atoms with Gasteiger partial charge in [-0.15, -0.1) is 0 Å².